The molecule has 3 aromatic rings. The van der Waals surface area contributed by atoms with Gasteiger partial charge in [0.1, 0.15) is 0 Å². The van der Waals surface area contributed by atoms with Crippen LogP contribution in [0.3, 0.4) is 0 Å². The number of carbonyl (C=O) groups is 1. The molecule has 3 heterocycles. The summed E-state index contributed by atoms with van der Waals surface area (Å²) in [6.07, 6.45) is 4.02. The molecule has 1 aromatic heterocycles. The summed E-state index contributed by atoms with van der Waals surface area (Å²) in [4.78, 5) is 17.7. The standard InChI is InChI=1S/C26H28N4O/c1-19-11-13-24-21(17-19)9-6-16-30(24)26(31)22-10-5-15-29(18-22)25-14-12-23(27-28-25)20-7-3-2-4-8-20/h2-4,7-8,11-14,17,22H,5-6,9-10,15-16,18H2,1H3. The maximum absolute atomic E-state index is 13.5. The fraction of sp³-hybridized carbons (Fsp3) is 0.346. The molecule has 1 amide bonds. The Balaban J connectivity index is 1.31. The molecule has 0 saturated carbocycles. The molecule has 1 fully saturated rings. The van der Waals surface area contributed by atoms with Crippen LogP contribution < -0.4 is 9.80 Å². The second kappa shape index (κ2) is 8.50. The maximum Gasteiger partial charge on any atom is 0.231 e. The Morgan fingerprint density at radius 1 is 0.968 bits per heavy atom. The van der Waals surface area contributed by atoms with E-state index in [1.54, 1.807) is 0 Å². The molecule has 1 atom stereocenters. The van der Waals surface area contributed by atoms with Crippen LogP contribution >= 0.6 is 0 Å². The summed E-state index contributed by atoms with van der Waals surface area (Å²) in [5.41, 5.74) is 5.59. The molecule has 0 bridgehead atoms. The maximum atomic E-state index is 13.5. The zero-order valence-electron chi connectivity index (χ0n) is 18.0. The molecule has 0 spiro atoms. The molecular formula is C26H28N4O. The van der Waals surface area contributed by atoms with E-state index >= 15 is 0 Å². The Morgan fingerprint density at radius 3 is 2.65 bits per heavy atom. The summed E-state index contributed by atoms with van der Waals surface area (Å²) in [6, 6.07) is 20.6. The Morgan fingerprint density at radius 2 is 1.84 bits per heavy atom. The van der Waals surface area contributed by atoms with Gasteiger partial charge in [0.15, 0.2) is 5.82 Å². The van der Waals surface area contributed by atoms with Crippen molar-refractivity contribution in [2.24, 2.45) is 5.92 Å². The highest BCUT2D eigenvalue weighted by Crippen LogP contribution is 2.31. The molecular weight excluding hydrogens is 384 g/mol. The lowest BCUT2D eigenvalue weighted by Gasteiger charge is -2.37. The molecule has 0 N–H and O–H groups in total. The molecule has 2 aliphatic rings. The van der Waals surface area contributed by atoms with E-state index in [0.717, 1.165) is 61.5 Å². The molecule has 158 valence electrons. The SMILES string of the molecule is Cc1ccc2c(c1)CCCN2C(=O)C1CCCN(c2ccc(-c3ccccc3)nn2)C1. The minimum Gasteiger partial charge on any atom is -0.354 e. The fourth-order valence-electron chi connectivity index (χ4n) is 4.82. The van der Waals surface area contributed by atoms with Crippen molar-refractivity contribution in [3.05, 3.63) is 71.8 Å². The predicted molar refractivity (Wildman–Crippen MR) is 124 cm³/mol. The largest absolute Gasteiger partial charge is 0.354 e. The van der Waals surface area contributed by atoms with E-state index in [1.807, 2.05) is 47.4 Å². The summed E-state index contributed by atoms with van der Waals surface area (Å²) in [5.74, 6) is 1.10. The van der Waals surface area contributed by atoms with Crippen LogP contribution in [0.15, 0.2) is 60.7 Å². The van der Waals surface area contributed by atoms with Crippen molar-refractivity contribution in [3.63, 3.8) is 0 Å². The molecule has 1 saturated heterocycles. The number of fused-ring (bicyclic) bond motifs is 1. The van der Waals surface area contributed by atoms with E-state index in [2.05, 4.69) is 40.2 Å². The van der Waals surface area contributed by atoms with Gasteiger partial charge in [-0.15, -0.1) is 10.2 Å². The number of amides is 1. The van der Waals surface area contributed by atoms with E-state index < -0.39 is 0 Å². The summed E-state index contributed by atoms with van der Waals surface area (Å²) in [6.45, 7) is 4.55. The van der Waals surface area contributed by atoms with Gasteiger partial charge in [0.05, 0.1) is 11.6 Å². The zero-order valence-corrected chi connectivity index (χ0v) is 18.0. The van der Waals surface area contributed by atoms with E-state index in [-0.39, 0.29) is 11.8 Å². The van der Waals surface area contributed by atoms with Crippen LogP contribution in [-0.2, 0) is 11.2 Å². The van der Waals surface area contributed by atoms with Gasteiger partial charge in [-0.05, 0) is 56.4 Å². The number of hydrogen-bond donors (Lipinski definition) is 0. The Kier molecular flexibility index (Phi) is 5.41. The molecule has 5 rings (SSSR count). The third kappa shape index (κ3) is 4.05. The Labute approximate surface area is 183 Å². The zero-order chi connectivity index (χ0) is 21.2. The monoisotopic (exact) mass is 412 g/mol. The Bertz CT molecular complexity index is 1060. The van der Waals surface area contributed by atoms with Gasteiger partial charge in [-0.25, -0.2) is 0 Å². The van der Waals surface area contributed by atoms with E-state index in [4.69, 9.17) is 0 Å². The highest BCUT2D eigenvalue weighted by atomic mass is 16.2. The summed E-state index contributed by atoms with van der Waals surface area (Å²) >= 11 is 0. The minimum atomic E-state index is -0.00315. The van der Waals surface area contributed by atoms with E-state index in [0.29, 0.717) is 6.54 Å². The number of carbonyl (C=O) groups excluding carboxylic acids is 1. The number of piperidine rings is 1. The van der Waals surface area contributed by atoms with E-state index in [1.165, 1.54) is 11.1 Å². The lowest BCUT2D eigenvalue weighted by atomic mass is 9.93. The third-order valence-corrected chi connectivity index (χ3v) is 6.43. The first-order valence-electron chi connectivity index (χ1n) is 11.2. The number of anilines is 2. The van der Waals surface area contributed by atoms with Gasteiger partial charge in [-0.3, -0.25) is 4.79 Å². The molecule has 31 heavy (non-hydrogen) atoms. The molecule has 1 unspecified atom stereocenters. The molecule has 5 heteroatoms. The second-order valence-corrected chi connectivity index (χ2v) is 8.65. The van der Waals surface area contributed by atoms with Crippen molar-refractivity contribution in [3.8, 4) is 11.3 Å². The van der Waals surface area contributed by atoms with Crippen LogP contribution in [0.4, 0.5) is 11.5 Å². The predicted octanol–water partition coefficient (Wildman–Crippen LogP) is 4.65. The molecule has 0 aliphatic carbocycles. The van der Waals surface area contributed by atoms with Crippen LogP contribution in [0.2, 0.25) is 0 Å². The van der Waals surface area contributed by atoms with Gasteiger partial charge < -0.3 is 9.80 Å². The van der Waals surface area contributed by atoms with Crippen molar-refractivity contribution in [2.45, 2.75) is 32.6 Å². The first-order chi connectivity index (χ1) is 15.2. The van der Waals surface area contributed by atoms with Crippen molar-refractivity contribution in [1.82, 2.24) is 10.2 Å². The average molecular weight is 413 g/mol. The normalized spacial score (nSPS) is 18.5. The van der Waals surface area contributed by atoms with Crippen molar-refractivity contribution < 1.29 is 4.79 Å². The van der Waals surface area contributed by atoms with Crippen LogP contribution in [0.25, 0.3) is 11.3 Å². The molecule has 2 aliphatic heterocycles. The number of aryl methyl sites for hydroxylation is 2. The fourth-order valence-corrected chi connectivity index (χ4v) is 4.82. The number of rotatable bonds is 3. The topological polar surface area (TPSA) is 49.3 Å². The van der Waals surface area contributed by atoms with Crippen LogP contribution in [0.5, 0.6) is 0 Å². The van der Waals surface area contributed by atoms with Crippen molar-refractivity contribution in [2.75, 3.05) is 29.4 Å². The van der Waals surface area contributed by atoms with Gasteiger partial charge in [0, 0.05) is 30.9 Å². The number of aromatic nitrogens is 2. The van der Waals surface area contributed by atoms with Gasteiger partial charge in [-0.2, -0.15) is 0 Å². The summed E-state index contributed by atoms with van der Waals surface area (Å²) in [5, 5.41) is 8.92. The number of nitrogens with zero attached hydrogens (tertiary/aromatic N) is 4. The molecule has 0 radical (unpaired) electrons. The van der Waals surface area contributed by atoms with E-state index in [9.17, 15) is 4.79 Å². The van der Waals surface area contributed by atoms with Crippen molar-refractivity contribution >= 4 is 17.4 Å². The highest BCUT2D eigenvalue weighted by Gasteiger charge is 2.32. The summed E-state index contributed by atoms with van der Waals surface area (Å²) in [7, 11) is 0. The van der Waals surface area contributed by atoms with Gasteiger partial charge in [0.25, 0.3) is 0 Å². The average Bonchev–Trinajstić information content (AvgIpc) is 2.84. The quantitative estimate of drug-likeness (QED) is 0.628. The first-order valence-corrected chi connectivity index (χ1v) is 11.2. The smallest absolute Gasteiger partial charge is 0.231 e. The second-order valence-electron chi connectivity index (χ2n) is 8.65. The first kappa shape index (κ1) is 19.7. The highest BCUT2D eigenvalue weighted by molar-refractivity contribution is 5.96. The number of benzene rings is 2. The Hall–Kier alpha value is -3.21. The van der Waals surface area contributed by atoms with Crippen molar-refractivity contribution in [1.29, 1.82) is 0 Å². The lowest BCUT2D eigenvalue weighted by Crippen LogP contribution is -2.46. The van der Waals surface area contributed by atoms with Gasteiger partial charge in [-0.1, -0.05) is 48.0 Å². The molecule has 2 aromatic carbocycles. The number of hydrogen-bond acceptors (Lipinski definition) is 4. The van der Waals surface area contributed by atoms with Crippen LogP contribution in [0, 0.1) is 12.8 Å². The van der Waals surface area contributed by atoms with Crippen LogP contribution in [0.1, 0.15) is 30.4 Å². The van der Waals surface area contributed by atoms with Gasteiger partial charge in [0.2, 0.25) is 5.91 Å². The summed E-state index contributed by atoms with van der Waals surface area (Å²) < 4.78 is 0. The minimum absolute atomic E-state index is 0.00315. The molecule has 5 nitrogen and oxygen atoms in total. The van der Waals surface area contributed by atoms with Gasteiger partial charge >= 0.3 is 0 Å². The third-order valence-electron chi connectivity index (χ3n) is 6.43. The van der Waals surface area contributed by atoms with Crippen LogP contribution in [-0.4, -0.2) is 35.7 Å². The lowest BCUT2D eigenvalue weighted by molar-refractivity contribution is -0.122.